The summed E-state index contributed by atoms with van der Waals surface area (Å²) in [6, 6.07) is 0. The first kappa shape index (κ1) is 24.1. The van der Waals surface area contributed by atoms with Crippen molar-refractivity contribution in [2.75, 3.05) is 26.9 Å². The van der Waals surface area contributed by atoms with Crippen LogP contribution < -0.4 is 0 Å². The molecule has 0 aromatic rings. The molecule has 0 aromatic heterocycles. The molecule has 0 bridgehead atoms. The van der Waals surface area contributed by atoms with Gasteiger partial charge in [-0.3, -0.25) is 8.74 Å². The molecule has 98 valence electrons. The van der Waals surface area contributed by atoms with Gasteiger partial charge in [0.15, 0.2) is 0 Å². The molecule has 0 unspecified atom stereocenters. The maximum absolute atomic E-state index is 9.33. The summed E-state index contributed by atoms with van der Waals surface area (Å²) < 4.78 is 29.7. The van der Waals surface area contributed by atoms with E-state index in [-0.39, 0.29) is 19.8 Å². The largest absolute Gasteiger partial charge is 0.397 e. The second kappa shape index (κ2) is 23.5. The lowest BCUT2D eigenvalue weighted by molar-refractivity contribution is 0.318. The molecule has 0 heterocycles. The lowest BCUT2D eigenvalue weighted by Gasteiger charge is -1.82. The van der Waals surface area contributed by atoms with Crippen molar-refractivity contribution < 1.29 is 32.5 Å². The minimum absolute atomic E-state index is 0.250. The van der Waals surface area contributed by atoms with Gasteiger partial charge in [-0.15, -0.1) is 0 Å². The van der Waals surface area contributed by atoms with Gasteiger partial charge in [0, 0.05) is 19.8 Å². The Balaban J connectivity index is -0.0000000581. The Morgan fingerprint density at radius 2 is 1.00 bits per heavy atom. The van der Waals surface area contributed by atoms with Crippen molar-refractivity contribution in [1.82, 2.24) is 0 Å². The summed E-state index contributed by atoms with van der Waals surface area (Å²) in [6.45, 7) is 5.79. The topological polar surface area (TPSA) is 124 Å². The molecule has 0 aliphatic rings. The van der Waals surface area contributed by atoms with E-state index in [0.29, 0.717) is 0 Å². The summed E-state index contributed by atoms with van der Waals surface area (Å²) in [7, 11) is -3.29. The van der Waals surface area contributed by atoms with Crippen LogP contribution in [0.25, 0.3) is 0 Å². The molecule has 0 aliphatic heterocycles. The van der Waals surface area contributed by atoms with Crippen LogP contribution in [0.2, 0.25) is 0 Å². The van der Waals surface area contributed by atoms with E-state index < -0.39 is 10.4 Å². The van der Waals surface area contributed by atoms with E-state index in [1.807, 2.05) is 0 Å². The van der Waals surface area contributed by atoms with Gasteiger partial charge in [0.25, 0.3) is 0 Å². The van der Waals surface area contributed by atoms with Gasteiger partial charge in [-0.05, 0) is 20.8 Å². The van der Waals surface area contributed by atoms with Crippen molar-refractivity contribution in [1.29, 1.82) is 0 Å². The summed E-state index contributed by atoms with van der Waals surface area (Å²) in [5.74, 6) is 0. The van der Waals surface area contributed by atoms with Crippen LogP contribution >= 0.6 is 0 Å². The van der Waals surface area contributed by atoms with Crippen LogP contribution in [0.1, 0.15) is 20.8 Å². The first-order chi connectivity index (χ1) is 6.80. The van der Waals surface area contributed by atoms with E-state index in [1.165, 1.54) is 0 Å². The molecule has 0 spiro atoms. The molecular weight excluding hydrogens is 228 g/mol. The number of aliphatic hydroxyl groups excluding tert-OH is 3. The zero-order valence-corrected chi connectivity index (χ0v) is 10.4. The summed E-state index contributed by atoms with van der Waals surface area (Å²) in [5.41, 5.74) is 0. The molecular formula is C7H22O7S. The van der Waals surface area contributed by atoms with Crippen molar-refractivity contribution in [2.45, 2.75) is 20.8 Å². The monoisotopic (exact) mass is 250 g/mol. The molecule has 4 N–H and O–H groups in total. The highest BCUT2D eigenvalue weighted by Gasteiger charge is 1.93. The van der Waals surface area contributed by atoms with E-state index in [4.69, 9.17) is 19.9 Å². The Morgan fingerprint density at radius 3 is 1.00 bits per heavy atom. The quantitative estimate of drug-likeness (QED) is 0.459. The lowest BCUT2D eigenvalue weighted by Crippen LogP contribution is -1.96. The molecule has 0 saturated heterocycles. The molecule has 0 fully saturated rings. The van der Waals surface area contributed by atoms with Gasteiger partial charge in [0.05, 0.1) is 7.11 Å². The average molecular weight is 250 g/mol. The summed E-state index contributed by atoms with van der Waals surface area (Å²) in [4.78, 5) is 0. The molecule has 0 amide bonds. The highest BCUT2D eigenvalue weighted by Crippen LogP contribution is 1.74. The minimum atomic E-state index is -4.16. The first-order valence-corrected chi connectivity index (χ1v) is 5.53. The second-order valence-corrected chi connectivity index (χ2v) is 2.73. The molecule has 0 rings (SSSR count). The van der Waals surface area contributed by atoms with Gasteiger partial charge in [0.1, 0.15) is 0 Å². The average Bonchev–Trinajstić information content (AvgIpc) is 2.07. The van der Waals surface area contributed by atoms with Gasteiger partial charge in [-0.2, -0.15) is 8.42 Å². The minimum Gasteiger partial charge on any atom is -0.397 e. The van der Waals surface area contributed by atoms with Crippen LogP contribution in [0.5, 0.6) is 0 Å². The van der Waals surface area contributed by atoms with Gasteiger partial charge >= 0.3 is 10.4 Å². The fraction of sp³-hybridized carbons (Fsp3) is 1.00. The number of hydrogen-bond donors (Lipinski definition) is 4. The summed E-state index contributed by atoms with van der Waals surface area (Å²) in [6.07, 6.45) is 0. The van der Waals surface area contributed by atoms with Crippen LogP contribution in [-0.4, -0.2) is 55.2 Å². The Kier molecular flexibility index (Phi) is 37.8. The highest BCUT2D eigenvalue weighted by atomic mass is 32.3. The SMILES string of the molecule is CCO.CCO.CCO.COS(=O)(=O)O. The van der Waals surface area contributed by atoms with Crippen LogP contribution in [0, 0.1) is 0 Å². The van der Waals surface area contributed by atoms with Crippen molar-refractivity contribution in [2.24, 2.45) is 0 Å². The maximum atomic E-state index is 9.33. The fourth-order valence-corrected chi connectivity index (χ4v) is 0. The van der Waals surface area contributed by atoms with E-state index in [0.717, 1.165) is 7.11 Å². The Labute approximate surface area is 91.3 Å². The molecule has 0 atom stereocenters. The van der Waals surface area contributed by atoms with Crippen molar-refractivity contribution in [3.63, 3.8) is 0 Å². The van der Waals surface area contributed by atoms with E-state index in [1.54, 1.807) is 20.8 Å². The molecule has 8 heteroatoms. The van der Waals surface area contributed by atoms with Crippen molar-refractivity contribution >= 4 is 10.4 Å². The third kappa shape index (κ3) is 251. The smallest absolute Gasteiger partial charge is 0.397 e. The predicted molar refractivity (Wildman–Crippen MR) is 56.8 cm³/mol. The van der Waals surface area contributed by atoms with E-state index in [9.17, 15) is 8.42 Å². The second-order valence-electron chi connectivity index (χ2n) is 1.54. The van der Waals surface area contributed by atoms with Crippen molar-refractivity contribution in [3.05, 3.63) is 0 Å². The molecule has 0 radical (unpaired) electrons. The normalized spacial score (nSPS) is 8.27. The van der Waals surface area contributed by atoms with Gasteiger partial charge in [-0.25, -0.2) is 0 Å². The van der Waals surface area contributed by atoms with E-state index >= 15 is 0 Å². The molecule has 0 saturated carbocycles. The van der Waals surface area contributed by atoms with Gasteiger partial charge in [0.2, 0.25) is 0 Å². The lowest BCUT2D eigenvalue weighted by atomic mass is 10.9. The first-order valence-electron chi connectivity index (χ1n) is 4.16. The molecule has 15 heavy (non-hydrogen) atoms. The van der Waals surface area contributed by atoms with Crippen LogP contribution in [-0.2, 0) is 14.6 Å². The van der Waals surface area contributed by atoms with Crippen LogP contribution in [0.4, 0.5) is 0 Å². The van der Waals surface area contributed by atoms with Crippen molar-refractivity contribution in [3.8, 4) is 0 Å². The summed E-state index contributed by atoms with van der Waals surface area (Å²) in [5, 5.41) is 22.7. The Bertz CT molecular complexity index is 150. The summed E-state index contributed by atoms with van der Waals surface area (Å²) >= 11 is 0. The maximum Gasteiger partial charge on any atom is 0.397 e. The Hall–Kier alpha value is -0.250. The molecule has 0 aromatic carbocycles. The zero-order chi connectivity index (χ0) is 13.3. The van der Waals surface area contributed by atoms with Gasteiger partial charge in [-0.1, -0.05) is 0 Å². The standard InChI is InChI=1S/3C2H6O.CH4O4S/c3*1-2-3;1-5-6(2,3)4/h3*3H,2H2,1H3;1H3,(H,2,3,4). The Morgan fingerprint density at radius 1 is 0.933 bits per heavy atom. The highest BCUT2D eigenvalue weighted by molar-refractivity contribution is 7.80. The van der Waals surface area contributed by atoms with Gasteiger partial charge < -0.3 is 15.3 Å². The van der Waals surface area contributed by atoms with E-state index in [2.05, 4.69) is 4.18 Å². The number of rotatable bonds is 1. The van der Waals surface area contributed by atoms with Crippen LogP contribution in [0.3, 0.4) is 0 Å². The number of aliphatic hydroxyl groups is 3. The third-order valence-corrected chi connectivity index (χ3v) is 0.632. The molecule has 7 nitrogen and oxygen atoms in total. The fourth-order valence-electron chi connectivity index (χ4n) is 0. The number of hydrogen-bond acceptors (Lipinski definition) is 6. The predicted octanol–water partition coefficient (Wildman–Crippen LogP) is -0.569. The zero-order valence-electron chi connectivity index (χ0n) is 9.54. The van der Waals surface area contributed by atoms with Crippen LogP contribution in [0.15, 0.2) is 0 Å². The third-order valence-electron chi connectivity index (χ3n) is 0.211. The molecule has 0 aliphatic carbocycles.